The number of carbonyl (C=O) groups excluding carboxylic acids is 1. The zero-order valence-electron chi connectivity index (χ0n) is 15.2. The van der Waals surface area contributed by atoms with Crippen LogP contribution in [-0.4, -0.2) is 10.9 Å². The molecule has 3 aromatic carbocycles. The maximum atomic E-state index is 13.9. The Labute approximate surface area is 176 Å². The van der Waals surface area contributed by atoms with E-state index in [1.807, 2.05) is 60.0 Å². The van der Waals surface area contributed by atoms with Gasteiger partial charge in [0.2, 0.25) is 0 Å². The van der Waals surface area contributed by atoms with Crippen LogP contribution in [0.3, 0.4) is 0 Å². The van der Waals surface area contributed by atoms with Crippen LogP contribution in [-0.2, 0) is 6.54 Å². The van der Waals surface area contributed by atoms with Crippen molar-refractivity contribution >= 4 is 28.8 Å². The minimum absolute atomic E-state index is 0.0903. The van der Waals surface area contributed by atoms with Crippen molar-refractivity contribution in [2.24, 2.45) is 0 Å². The van der Waals surface area contributed by atoms with E-state index in [4.69, 9.17) is 16.6 Å². The maximum absolute atomic E-state index is 13.9. The molecule has 0 spiro atoms. The zero-order chi connectivity index (χ0) is 20.2. The maximum Gasteiger partial charge on any atom is 0.256 e. The lowest BCUT2D eigenvalue weighted by atomic mass is 10.1. The molecule has 0 aliphatic heterocycles. The molecule has 0 saturated heterocycles. The van der Waals surface area contributed by atoms with E-state index < -0.39 is 11.7 Å². The lowest BCUT2D eigenvalue weighted by Crippen LogP contribution is -2.24. The fourth-order valence-corrected chi connectivity index (χ4v) is 4.02. The second-order valence-electron chi connectivity index (χ2n) is 6.38. The van der Waals surface area contributed by atoms with Gasteiger partial charge in [-0.15, -0.1) is 11.3 Å². The van der Waals surface area contributed by atoms with Crippen LogP contribution in [0.1, 0.15) is 15.9 Å². The largest absolute Gasteiger partial charge is 0.348 e. The van der Waals surface area contributed by atoms with Gasteiger partial charge < -0.3 is 5.32 Å². The Balaban J connectivity index is 1.50. The standard InChI is InChI=1S/C23H16ClFN2OS/c24-18-10-5-11-19(25)21(18)22(28)26-13-15-6-4-9-17(12-15)23-27-20(14-29-23)16-7-2-1-3-8-16/h1-12,14H,13H2,(H,26,28). The van der Waals surface area contributed by atoms with Crippen molar-refractivity contribution in [1.29, 1.82) is 0 Å². The summed E-state index contributed by atoms with van der Waals surface area (Å²) in [5, 5.41) is 5.74. The summed E-state index contributed by atoms with van der Waals surface area (Å²) in [4.78, 5) is 17.1. The molecule has 1 amide bonds. The predicted molar refractivity (Wildman–Crippen MR) is 116 cm³/mol. The SMILES string of the molecule is O=C(NCc1cccc(-c2nc(-c3ccccc3)cs2)c1)c1c(F)cccc1Cl. The molecule has 0 radical (unpaired) electrons. The number of nitrogens with zero attached hydrogens (tertiary/aromatic N) is 1. The van der Waals surface area contributed by atoms with E-state index >= 15 is 0 Å². The third kappa shape index (κ3) is 4.36. The molecule has 1 aromatic heterocycles. The summed E-state index contributed by atoms with van der Waals surface area (Å²) in [5.74, 6) is -1.18. The summed E-state index contributed by atoms with van der Waals surface area (Å²) in [5.41, 5.74) is 3.71. The van der Waals surface area contributed by atoms with E-state index in [0.29, 0.717) is 0 Å². The lowest BCUT2D eigenvalue weighted by molar-refractivity contribution is 0.0947. The van der Waals surface area contributed by atoms with Gasteiger partial charge in [-0.1, -0.05) is 66.2 Å². The van der Waals surface area contributed by atoms with Crippen molar-refractivity contribution in [2.75, 3.05) is 0 Å². The molecule has 6 heteroatoms. The van der Waals surface area contributed by atoms with Gasteiger partial charge in [0.05, 0.1) is 16.3 Å². The average molecular weight is 423 g/mol. The second-order valence-corrected chi connectivity index (χ2v) is 7.65. The Bertz CT molecular complexity index is 1140. The molecule has 0 aliphatic rings. The fraction of sp³-hybridized carbons (Fsp3) is 0.0435. The van der Waals surface area contributed by atoms with E-state index in [1.54, 1.807) is 11.3 Å². The molecule has 0 unspecified atom stereocenters. The average Bonchev–Trinajstić information content (AvgIpc) is 3.23. The molecule has 0 aliphatic carbocycles. The predicted octanol–water partition coefficient (Wildman–Crippen LogP) is 6.20. The minimum Gasteiger partial charge on any atom is -0.348 e. The number of thiazole rings is 1. The molecule has 29 heavy (non-hydrogen) atoms. The Kier molecular flexibility index (Phi) is 5.69. The van der Waals surface area contributed by atoms with Gasteiger partial charge in [-0.3, -0.25) is 4.79 Å². The highest BCUT2D eigenvalue weighted by Crippen LogP contribution is 2.29. The number of amides is 1. The van der Waals surface area contributed by atoms with Crippen molar-refractivity contribution in [3.8, 4) is 21.8 Å². The van der Waals surface area contributed by atoms with Crippen molar-refractivity contribution in [3.63, 3.8) is 0 Å². The quantitative estimate of drug-likeness (QED) is 0.416. The molecule has 3 nitrogen and oxygen atoms in total. The molecule has 4 rings (SSSR count). The van der Waals surface area contributed by atoms with Crippen LogP contribution in [0.5, 0.6) is 0 Å². The van der Waals surface area contributed by atoms with Crippen LogP contribution in [0.25, 0.3) is 21.8 Å². The first-order valence-electron chi connectivity index (χ1n) is 8.94. The molecule has 0 atom stereocenters. The Morgan fingerprint density at radius 2 is 1.76 bits per heavy atom. The smallest absolute Gasteiger partial charge is 0.256 e. The van der Waals surface area contributed by atoms with Gasteiger partial charge in [0.25, 0.3) is 5.91 Å². The molecular weight excluding hydrogens is 407 g/mol. The Hall–Kier alpha value is -3.02. The summed E-state index contributed by atoms with van der Waals surface area (Å²) in [6.07, 6.45) is 0. The van der Waals surface area contributed by atoms with E-state index in [2.05, 4.69) is 5.32 Å². The first-order chi connectivity index (χ1) is 14.1. The van der Waals surface area contributed by atoms with Crippen LogP contribution in [0.15, 0.2) is 78.2 Å². The summed E-state index contributed by atoms with van der Waals surface area (Å²) in [7, 11) is 0. The van der Waals surface area contributed by atoms with Crippen molar-refractivity contribution in [2.45, 2.75) is 6.54 Å². The van der Waals surface area contributed by atoms with Gasteiger partial charge in [0.15, 0.2) is 0 Å². The minimum atomic E-state index is -0.639. The number of hydrogen-bond acceptors (Lipinski definition) is 3. The summed E-state index contributed by atoms with van der Waals surface area (Å²) >= 11 is 7.52. The molecule has 4 aromatic rings. The zero-order valence-corrected chi connectivity index (χ0v) is 16.8. The number of nitrogens with one attached hydrogen (secondary N) is 1. The van der Waals surface area contributed by atoms with Crippen molar-refractivity contribution in [1.82, 2.24) is 10.3 Å². The number of carbonyl (C=O) groups is 1. The van der Waals surface area contributed by atoms with Crippen molar-refractivity contribution in [3.05, 3.63) is 100 Å². The van der Waals surface area contributed by atoms with Gasteiger partial charge in [-0.05, 0) is 23.8 Å². The molecular formula is C23H16ClFN2OS. The second kappa shape index (κ2) is 8.55. The van der Waals surface area contributed by atoms with Crippen LogP contribution >= 0.6 is 22.9 Å². The lowest BCUT2D eigenvalue weighted by Gasteiger charge is -2.08. The number of benzene rings is 3. The van der Waals surface area contributed by atoms with Gasteiger partial charge in [0.1, 0.15) is 10.8 Å². The third-order valence-electron chi connectivity index (χ3n) is 4.39. The van der Waals surface area contributed by atoms with Crippen LogP contribution in [0.2, 0.25) is 5.02 Å². The highest BCUT2D eigenvalue weighted by atomic mass is 35.5. The monoisotopic (exact) mass is 422 g/mol. The first kappa shape index (κ1) is 19.3. The Morgan fingerprint density at radius 1 is 1.00 bits per heavy atom. The van der Waals surface area contributed by atoms with Crippen LogP contribution in [0.4, 0.5) is 4.39 Å². The molecule has 144 valence electrons. The van der Waals surface area contributed by atoms with Gasteiger partial charge in [0, 0.05) is 23.1 Å². The van der Waals surface area contributed by atoms with Crippen molar-refractivity contribution < 1.29 is 9.18 Å². The number of hydrogen-bond donors (Lipinski definition) is 1. The van der Waals surface area contributed by atoms with Gasteiger partial charge in [-0.2, -0.15) is 0 Å². The third-order valence-corrected chi connectivity index (χ3v) is 5.60. The summed E-state index contributed by atoms with van der Waals surface area (Å²) in [6.45, 7) is 0.258. The number of halogens is 2. The molecule has 1 heterocycles. The highest BCUT2D eigenvalue weighted by Gasteiger charge is 2.15. The first-order valence-corrected chi connectivity index (χ1v) is 10.2. The topological polar surface area (TPSA) is 42.0 Å². The molecule has 0 bridgehead atoms. The van der Waals surface area contributed by atoms with E-state index in [1.165, 1.54) is 18.2 Å². The molecule has 1 N–H and O–H groups in total. The van der Waals surface area contributed by atoms with E-state index in [0.717, 1.165) is 27.4 Å². The fourth-order valence-electron chi connectivity index (χ4n) is 2.95. The normalized spacial score (nSPS) is 10.7. The summed E-state index contributed by atoms with van der Waals surface area (Å²) in [6, 6.07) is 21.9. The van der Waals surface area contributed by atoms with Crippen LogP contribution < -0.4 is 5.32 Å². The van der Waals surface area contributed by atoms with E-state index in [9.17, 15) is 9.18 Å². The summed E-state index contributed by atoms with van der Waals surface area (Å²) < 4.78 is 13.9. The highest BCUT2D eigenvalue weighted by molar-refractivity contribution is 7.13. The van der Waals surface area contributed by atoms with E-state index in [-0.39, 0.29) is 17.1 Å². The number of rotatable bonds is 5. The molecule has 0 fully saturated rings. The molecule has 0 saturated carbocycles. The van der Waals surface area contributed by atoms with Gasteiger partial charge >= 0.3 is 0 Å². The Morgan fingerprint density at radius 3 is 2.55 bits per heavy atom. The van der Waals surface area contributed by atoms with Gasteiger partial charge in [-0.25, -0.2) is 9.37 Å². The number of aromatic nitrogens is 1. The van der Waals surface area contributed by atoms with Crippen LogP contribution in [0, 0.1) is 5.82 Å².